The molecule has 184 valence electrons. The van der Waals surface area contributed by atoms with Gasteiger partial charge in [-0.3, -0.25) is 13.9 Å². The van der Waals surface area contributed by atoms with Crippen LogP contribution < -0.4 is 14.6 Å². The highest BCUT2D eigenvalue weighted by atomic mass is 35.5. The molecule has 3 aromatic rings. The number of pyridine rings is 1. The van der Waals surface area contributed by atoms with Crippen molar-refractivity contribution in [3.8, 4) is 11.5 Å². The second kappa shape index (κ2) is 10.4. The Kier molecular flexibility index (Phi) is 7.29. The van der Waals surface area contributed by atoms with Crippen molar-refractivity contribution in [2.24, 2.45) is 0 Å². The average Bonchev–Trinajstić information content (AvgIpc) is 2.86. The first-order valence-corrected chi connectivity index (χ1v) is 12.4. The summed E-state index contributed by atoms with van der Waals surface area (Å²) in [6.45, 7) is 0.667. The number of carbonyl (C=O) groups is 1. The van der Waals surface area contributed by atoms with Crippen LogP contribution in [0, 0.1) is 0 Å². The van der Waals surface area contributed by atoms with Crippen molar-refractivity contribution in [1.29, 1.82) is 0 Å². The van der Waals surface area contributed by atoms with Gasteiger partial charge >= 0.3 is 5.56 Å². The molecule has 2 aromatic carbocycles. The Morgan fingerprint density at radius 1 is 1.03 bits per heavy atom. The summed E-state index contributed by atoms with van der Waals surface area (Å²) in [4.78, 5) is 26.8. The van der Waals surface area contributed by atoms with Gasteiger partial charge in [0.1, 0.15) is 23.7 Å². The number of ether oxygens (including phenoxy) is 2. The smallest absolute Gasteiger partial charge is 0.307 e. The molecular weight excluding hydrogens is 498 g/mol. The highest BCUT2D eigenvalue weighted by molar-refractivity contribution is 7.92. The highest BCUT2D eigenvalue weighted by Gasteiger charge is 2.31. The molecule has 0 bridgehead atoms. The molecule has 12 heteroatoms. The molecule has 1 aromatic heterocycles. The number of halogens is 1. The van der Waals surface area contributed by atoms with Gasteiger partial charge in [-0.15, -0.1) is 0 Å². The minimum atomic E-state index is -4.37. The van der Waals surface area contributed by atoms with Crippen molar-refractivity contribution in [2.45, 2.75) is 4.90 Å². The van der Waals surface area contributed by atoms with Crippen LogP contribution in [-0.4, -0.2) is 62.0 Å². The number of nitrogens with zero attached hydrogens (tertiary/aromatic N) is 3. The maximum atomic E-state index is 13.6. The molecule has 0 radical (unpaired) electrons. The molecule has 10 nitrogen and oxygen atoms in total. The van der Waals surface area contributed by atoms with E-state index in [2.05, 4.69) is 0 Å². The van der Waals surface area contributed by atoms with Gasteiger partial charge < -0.3 is 19.6 Å². The van der Waals surface area contributed by atoms with E-state index in [1.807, 2.05) is 0 Å². The fourth-order valence-electron chi connectivity index (χ4n) is 3.44. The van der Waals surface area contributed by atoms with Crippen LogP contribution in [0.4, 0.5) is 5.69 Å². The number of aromatic nitrogens is 1. The van der Waals surface area contributed by atoms with Crippen molar-refractivity contribution in [3.63, 3.8) is 0 Å². The molecule has 1 fully saturated rings. The maximum Gasteiger partial charge on any atom is 0.307 e. The summed E-state index contributed by atoms with van der Waals surface area (Å²) in [5.74, 6) is 0.391. The van der Waals surface area contributed by atoms with Crippen LogP contribution in [0.15, 0.2) is 76.6 Å². The number of hydrogen-bond donors (Lipinski definition) is 1. The summed E-state index contributed by atoms with van der Waals surface area (Å²) in [7, 11) is -4.37. The lowest BCUT2D eigenvalue weighted by molar-refractivity contribution is -0.133. The van der Waals surface area contributed by atoms with E-state index in [4.69, 9.17) is 21.1 Å². The quantitative estimate of drug-likeness (QED) is 0.476. The molecule has 1 saturated heterocycles. The number of morpholine rings is 1. The predicted molar refractivity (Wildman–Crippen MR) is 128 cm³/mol. The van der Waals surface area contributed by atoms with Gasteiger partial charge in [0, 0.05) is 24.3 Å². The summed E-state index contributed by atoms with van der Waals surface area (Å²) in [6.07, 6.45) is 1.07. The molecule has 1 N–H and O–H groups in total. The van der Waals surface area contributed by atoms with E-state index in [1.54, 1.807) is 24.3 Å². The van der Waals surface area contributed by atoms with E-state index >= 15 is 0 Å². The molecule has 1 amide bonds. The van der Waals surface area contributed by atoms with Gasteiger partial charge in [-0.1, -0.05) is 11.6 Å². The summed E-state index contributed by atoms with van der Waals surface area (Å²) < 4.78 is 39.0. The number of benzene rings is 2. The van der Waals surface area contributed by atoms with Crippen molar-refractivity contribution in [3.05, 3.63) is 82.2 Å². The summed E-state index contributed by atoms with van der Waals surface area (Å²) in [5.41, 5.74) is -1.34. The summed E-state index contributed by atoms with van der Waals surface area (Å²) in [5, 5.41) is 10.4. The van der Waals surface area contributed by atoms with Crippen molar-refractivity contribution < 1.29 is 27.9 Å². The molecule has 2 heterocycles. The van der Waals surface area contributed by atoms with Gasteiger partial charge in [0.05, 0.1) is 18.1 Å². The van der Waals surface area contributed by atoms with Crippen LogP contribution in [0.3, 0.4) is 0 Å². The Morgan fingerprint density at radius 3 is 2.26 bits per heavy atom. The van der Waals surface area contributed by atoms with Crippen LogP contribution in [0.1, 0.15) is 0 Å². The molecule has 35 heavy (non-hydrogen) atoms. The van der Waals surface area contributed by atoms with Crippen LogP contribution in [0.2, 0.25) is 5.02 Å². The fraction of sp³-hybridized carbons (Fsp3) is 0.217. The standard InChI is InChI=1S/C23H22ClN3O7S/c24-17-3-5-18(6-4-17)34-19-7-9-20(10-8-19)35(31,32)27(21-2-1-11-26(30)23(21)29)16-22(28)25-12-14-33-15-13-25/h1-11,30H,12-16H2. The third kappa shape index (κ3) is 5.59. The summed E-state index contributed by atoms with van der Waals surface area (Å²) in [6, 6.07) is 14.7. The zero-order valence-corrected chi connectivity index (χ0v) is 20.0. The number of sulfonamides is 1. The van der Waals surface area contributed by atoms with Crippen molar-refractivity contribution in [1.82, 2.24) is 9.63 Å². The topological polar surface area (TPSA) is 118 Å². The Balaban J connectivity index is 1.64. The largest absolute Gasteiger partial charge is 0.457 e. The van der Waals surface area contributed by atoms with Gasteiger partial charge in [-0.05, 0) is 60.7 Å². The molecule has 4 rings (SSSR count). The van der Waals surface area contributed by atoms with Gasteiger partial charge in [0.2, 0.25) is 5.91 Å². The molecule has 0 saturated carbocycles. The number of carbonyl (C=O) groups excluding carboxylic acids is 1. The lowest BCUT2D eigenvalue weighted by atomic mass is 10.3. The Labute approximate surface area is 206 Å². The number of hydrogen-bond acceptors (Lipinski definition) is 7. The van der Waals surface area contributed by atoms with E-state index in [-0.39, 0.29) is 15.3 Å². The van der Waals surface area contributed by atoms with Gasteiger partial charge in [-0.25, -0.2) is 8.42 Å². The van der Waals surface area contributed by atoms with Gasteiger partial charge in [0.15, 0.2) is 0 Å². The van der Waals surface area contributed by atoms with E-state index < -0.39 is 28.0 Å². The molecule has 0 unspecified atom stereocenters. The molecule has 0 atom stereocenters. The number of amides is 1. The van der Waals surface area contributed by atoms with Crippen LogP contribution >= 0.6 is 11.6 Å². The van der Waals surface area contributed by atoms with Crippen LogP contribution in [0.25, 0.3) is 0 Å². The third-order valence-electron chi connectivity index (χ3n) is 5.28. The van der Waals surface area contributed by atoms with Crippen LogP contribution in [0.5, 0.6) is 11.5 Å². The highest BCUT2D eigenvalue weighted by Crippen LogP contribution is 2.27. The molecule has 1 aliphatic heterocycles. The zero-order valence-electron chi connectivity index (χ0n) is 18.4. The van der Waals surface area contributed by atoms with Crippen molar-refractivity contribution >= 4 is 33.2 Å². The first-order chi connectivity index (χ1) is 16.8. The zero-order chi connectivity index (χ0) is 25.0. The van der Waals surface area contributed by atoms with E-state index in [9.17, 15) is 23.2 Å². The monoisotopic (exact) mass is 519 g/mol. The van der Waals surface area contributed by atoms with Crippen molar-refractivity contribution in [2.75, 3.05) is 37.2 Å². The van der Waals surface area contributed by atoms with Gasteiger partial charge in [-0.2, -0.15) is 4.73 Å². The Hall–Kier alpha value is -3.54. The lowest BCUT2D eigenvalue weighted by Gasteiger charge is -2.30. The minimum Gasteiger partial charge on any atom is -0.457 e. The average molecular weight is 520 g/mol. The minimum absolute atomic E-state index is 0.163. The molecule has 1 aliphatic rings. The predicted octanol–water partition coefficient (Wildman–Crippen LogP) is 2.59. The van der Waals surface area contributed by atoms with Crippen LogP contribution in [-0.2, 0) is 19.6 Å². The molecule has 0 aliphatic carbocycles. The van der Waals surface area contributed by atoms with E-state index in [1.165, 1.54) is 41.3 Å². The fourth-order valence-corrected chi connectivity index (χ4v) is 4.98. The Bertz CT molecular complexity index is 1350. The lowest BCUT2D eigenvalue weighted by Crippen LogP contribution is -2.48. The normalized spacial score (nSPS) is 13.9. The number of rotatable bonds is 7. The van der Waals surface area contributed by atoms with Gasteiger partial charge in [0.25, 0.3) is 10.0 Å². The number of anilines is 1. The third-order valence-corrected chi connectivity index (χ3v) is 7.31. The first-order valence-electron chi connectivity index (χ1n) is 10.6. The first kappa shape index (κ1) is 24.6. The Morgan fingerprint density at radius 2 is 1.63 bits per heavy atom. The molecule has 0 spiro atoms. The SMILES string of the molecule is O=C(CN(c1cccn(O)c1=O)S(=O)(=O)c1ccc(Oc2ccc(Cl)cc2)cc1)N1CCOCC1. The maximum absolute atomic E-state index is 13.6. The van der Waals surface area contributed by atoms with E-state index in [0.29, 0.717) is 47.1 Å². The second-order valence-electron chi connectivity index (χ2n) is 7.58. The second-order valence-corrected chi connectivity index (χ2v) is 9.87. The summed E-state index contributed by atoms with van der Waals surface area (Å²) >= 11 is 5.87. The van der Waals surface area contributed by atoms with E-state index in [0.717, 1.165) is 6.20 Å². The molecular formula is C23H22ClN3O7S.